The highest BCUT2D eigenvalue weighted by Crippen LogP contribution is 2.25. The standard InChI is InChI=1S/C28H29N7O3/c1-3-4-16-34-24-25(31-27(34)33-15-7-8-20(29)17-33)32(2)28(38)35(26(24)37)18-23(36)22-10-6-5-9-21(22)19-11-13-30-14-12-19/h5-6,9-14,20H,7-8,15-18,29H2,1-2H3. The number of anilines is 1. The minimum Gasteiger partial charge on any atom is -0.341 e. The van der Waals surface area contributed by atoms with E-state index >= 15 is 0 Å². The van der Waals surface area contributed by atoms with Gasteiger partial charge >= 0.3 is 5.69 Å². The number of carbonyl (C=O) groups excluding carboxylic acids is 1. The van der Waals surface area contributed by atoms with Crippen LogP contribution in [0.3, 0.4) is 0 Å². The number of ketones is 1. The number of rotatable bonds is 6. The van der Waals surface area contributed by atoms with Gasteiger partial charge in [0.1, 0.15) is 0 Å². The zero-order valence-corrected chi connectivity index (χ0v) is 21.4. The van der Waals surface area contributed by atoms with Crippen LogP contribution in [0.25, 0.3) is 22.3 Å². The van der Waals surface area contributed by atoms with Gasteiger partial charge in [-0.1, -0.05) is 30.2 Å². The summed E-state index contributed by atoms with van der Waals surface area (Å²) in [6.45, 7) is 2.87. The van der Waals surface area contributed by atoms with E-state index in [9.17, 15) is 14.4 Å². The van der Waals surface area contributed by atoms with E-state index in [1.165, 1.54) is 4.57 Å². The van der Waals surface area contributed by atoms with Gasteiger partial charge in [0.05, 0.1) is 13.1 Å². The lowest BCUT2D eigenvalue weighted by atomic mass is 9.98. The number of aromatic nitrogens is 5. The summed E-state index contributed by atoms with van der Waals surface area (Å²) in [4.78, 5) is 51.4. The van der Waals surface area contributed by atoms with Gasteiger partial charge in [-0.05, 0) is 43.0 Å². The topological polar surface area (TPSA) is 121 Å². The first-order chi connectivity index (χ1) is 18.4. The number of nitrogens with zero attached hydrogens (tertiary/aromatic N) is 6. The molecule has 1 aliphatic heterocycles. The van der Waals surface area contributed by atoms with Crippen LogP contribution >= 0.6 is 0 Å². The summed E-state index contributed by atoms with van der Waals surface area (Å²) in [5.41, 5.74) is 7.47. The predicted molar refractivity (Wildman–Crippen MR) is 146 cm³/mol. The van der Waals surface area contributed by atoms with Crippen LogP contribution in [0.15, 0.2) is 58.4 Å². The van der Waals surface area contributed by atoms with Crippen LogP contribution < -0.4 is 21.9 Å². The van der Waals surface area contributed by atoms with Gasteiger partial charge in [-0.25, -0.2) is 4.79 Å². The summed E-state index contributed by atoms with van der Waals surface area (Å²) in [5, 5.41) is 0. The molecule has 5 rings (SSSR count). The van der Waals surface area contributed by atoms with Gasteiger partial charge in [0.15, 0.2) is 16.9 Å². The van der Waals surface area contributed by atoms with E-state index in [1.54, 1.807) is 43.1 Å². The number of pyridine rings is 1. The van der Waals surface area contributed by atoms with Crippen LogP contribution in [0.2, 0.25) is 0 Å². The maximum absolute atomic E-state index is 13.8. The third kappa shape index (κ3) is 4.53. The van der Waals surface area contributed by atoms with Crippen LogP contribution in [0, 0.1) is 11.8 Å². The highest BCUT2D eigenvalue weighted by atomic mass is 16.2. The maximum Gasteiger partial charge on any atom is 0.332 e. The molecule has 1 atom stereocenters. The Labute approximate surface area is 219 Å². The molecular weight excluding hydrogens is 482 g/mol. The quantitative estimate of drug-likeness (QED) is 0.309. The number of hydrogen-bond donors (Lipinski definition) is 1. The fourth-order valence-corrected chi connectivity index (χ4v) is 4.98. The van der Waals surface area contributed by atoms with Gasteiger partial charge in [-0.2, -0.15) is 4.98 Å². The Hall–Kier alpha value is -4.49. The first-order valence-corrected chi connectivity index (χ1v) is 12.5. The van der Waals surface area contributed by atoms with Crippen LogP contribution in [-0.4, -0.2) is 48.6 Å². The minimum absolute atomic E-state index is 0.00663. The summed E-state index contributed by atoms with van der Waals surface area (Å²) in [6.07, 6.45) is 5.12. The van der Waals surface area contributed by atoms with Gasteiger partial charge in [0.2, 0.25) is 5.95 Å². The molecule has 38 heavy (non-hydrogen) atoms. The molecule has 1 aromatic carbocycles. The Morgan fingerprint density at radius 3 is 2.63 bits per heavy atom. The van der Waals surface area contributed by atoms with Crippen molar-refractivity contribution >= 4 is 22.9 Å². The molecule has 1 unspecified atom stereocenters. The van der Waals surface area contributed by atoms with Crippen molar-refractivity contribution < 1.29 is 4.79 Å². The maximum atomic E-state index is 13.8. The third-order valence-electron chi connectivity index (χ3n) is 6.89. The molecule has 10 nitrogen and oxygen atoms in total. The van der Waals surface area contributed by atoms with Crippen molar-refractivity contribution in [3.05, 3.63) is 75.2 Å². The molecule has 0 spiro atoms. The lowest BCUT2D eigenvalue weighted by Gasteiger charge is -2.31. The minimum atomic E-state index is -0.606. The number of hydrogen-bond acceptors (Lipinski definition) is 7. The van der Waals surface area contributed by atoms with Gasteiger partial charge in [0.25, 0.3) is 5.56 Å². The third-order valence-corrected chi connectivity index (χ3v) is 6.89. The SMILES string of the molecule is CC#CCn1c(N2CCCC(N)C2)nc2c1c(=O)n(CC(=O)c1ccccc1-c1ccncc1)c(=O)n2C. The fraction of sp³-hybridized carbons (Fsp3) is 0.321. The Balaban J connectivity index is 1.63. The van der Waals surface area contributed by atoms with Crippen molar-refractivity contribution in [2.45, 2.75) is 38.9 Å². The average Bonchev–Trinajstić information content (AvgIpc) is 3.33. The normalized spacial score (nSPS) is 15.3. The van der Waals surface area contributed by atoms with Crippen LogP contribution in [0.4, 0.5) is 5.95 Å². The van der Waals surface area contributed by atoms with E-state index in [1.807, 2.05) is 29.2 Å². The molecule has 10 heteroatoms. The van der Waals surface area contributed by atoms with E-state index in [-0.39, 0.29) is 29.5 Å². The molecule has 0 amide bonds. The Bertz CT molecular complexity index is 1690. The number of benzene rings is 1. The number of piperidine rings is 1. The molecule has 4 aromatic rings. The molecular formula is C28H29N7O3. The molecule has 0 saturated carbocycles. The second-order valence-corrected chi connectivity index (χ2v) is 9.38. The zero-order valence-electron chi connectivity index (χ0n) is 21.4. The number of imidazole rings is 1. The number of fused-ring (bicyclic) bond motifs is 1. The first-order valence-electron chi connectivity index (χ1n) is 12.5. The summed E-state index contributed by atoms with van der Waals surface area (Å²) in [5.74, 6) is 6.08. The molecule has 1 fully saturated rings. The van der Waals surface area contributed by atoms with Crippen molar-refractivity contribution in [1.82, 2.24) is 23.7 Å². The molecule has 194 valence electrons. The smallest absolute Gasteiger partial charge is 0.332 e. The zero-order chi connectivity index (χ0) is 26.8. The van der Waals surface area contributed by atoms with Crippen molar-refractivity contribution in [1.29, 1.82) is 0 Å². The lowest BCUT2D eigenvalue weighted by molar-refractivity contribution is 0.0969. The summed E-state index contributed by atoms with van der Waals surface area (Å²) in [6, 6.07) is 10.7. The van der Waals surface area contributed by atoms with Crippen molar-refractivity contribution in [2.24, 2.45) is 12.8 Å². The van der Waals surface area contributed by atoms with Crippen LogP contribution in [0.1, 0.15) is 30.1 Å². The second-order valence-electron chi connectivity index (χ2n) is 9.38. The van der Waals surface area contributed by atoms with Crippen LogP contribution in [0.5, 0.6) is 0 Å². The summed E-state index contributed by atoms with van der Waals surface area (Å²) < 4.78 is 4.04. The molecule has 4 heterocycles. The Morgan fingerprint density at radius 1 is 1.13 bits per heavy atom. The van der Waals surface area contributed by atoms with Crippen molar-refractivity contribution in [3.8, 4) is 23.0 Å². The lowest BCUT2D eigenvalue weighted by Crippen LogP contribution is -2.44. The van der Waals surface area contributed by atoms with Crippen LogP contribution in [-0.2, 0) is 20.1 Å². The number of carbonyl (C=O) groups is 1. The second kappa shape index (κ2) is 10.5. The largest absolute Gasteiger partial charge is 0.341 e. The van der Waals surface area contributed by atoms with Gasteiger partial charge in [-0.15, -0.1) is 5.92 Å². The van der Waals surface area contributed by atoms with E-state index in [0.717, 1.165) is 29.5 Å². The van der Waals surface area contributed by atoms with Gasteiger partial charge in [0, 0.05) is 44.1 Å². The van der Waals surface area contributed by atoms with E-state index in [4.69, 9.17) is 10.7 Å². The molecule has 1 saturated heterocycles. The molecule has 2 N–H and O–H groups in total. The number of nitrogens with two attached hydrogens (primary N) is 1. The highest BCUT2D eigenvalue weighted by Gasteiger charge is 2.27. The predicted octanol–water partition coefficient (Wildman–Crippen LogP) is 1.79. The van der Waals surface area contributed by atoms with E-state index < -0.39 is 17.8 Å². The average molecular weight is 512 g/mol. The molecule has 0 bridgehead atoms. The van der Waals surface area contributed by atoms with Crippen molar-refractivity contribution in [2.75, 3.05) is 18.0 Å². The molecule has 1 aliphatic rings. The fourth-order valence-electron chi connectivity index (χ4n) is 4.98. The Morgan fingerprint density at radius 2 is 1.89 bits per heavy atom. The highest BCUT2D eigenvalue weighted by molar-refractivity contribution is 6.02. The van der Waals surface area contributed by atoms with Gasteiger partial charge in [-0.3, -0.25) is 28.3 Å². The number of Topliss-reactive ketones (excluding diaryl/α,β-unsaturated/α-hetero) is 1. The molecule has 3 aromatic heterocycles. The van der Waals surface area contributed by atoms with E-state index in [2.05, 4.69) is 16.8 Å². The molecule has 0 aliphatic carbocycles. The monoisotopic (exact) mass is 511 g/mol. The van der Waals surface area contributed by atoms with Crippen molar-refractivity contribution in [3.63, 3.8) is 0 Å². The Kier molecular flexibility index (Phi) is 6.94. The van der Waals surface area contributed by atoms with E-state index in [0.29, 0.717) is 23.6 Å². The number of aryl methyl sites for hydroxylation is 1. The van der Waals surface area contributed by atoms with Gasteiger partial charge < -0.3 is 10.6 Å². The summed E-state index contributed by atoms with van der Waals surface area (Å²) >= 11 is 0. The first kappa shape index (κ1) is 25.2. The molecule has 0 radical (unpaired) electrons. The summed E-state index contributed by atoms with van der Waals surface area (Å²) in [7, 11) is 1.56.